The van der Waals surface area contributed by atoms with Gasteiger partial charge in [-0.2, -0.15) is 0 Å². The van der Waals surface area contributed by atoms with Gasteiger partial charge in [0.1, 0.15) is 0 Å². The van der Waals surface area contributed by atoms with Crippen molar-refractivity contribution in [2.24, 2.45) is 0 Å². The Morgan fingerprint density at radius 3 is 2.65 bits per heavy atom. The first-order valence-corrected chi connectivity index (χ1v) is 9.37. The Morgan fingerprint density at radius 2 is 1.96 bits per heavy atom. The van der Waals surface area contributed by atoms with Gasteiger partial charge in [0.05, 0.1) is 25.6 Å². The summed E-state index contributed by atoms with van der Waals surface area (Å²) in [4.78, 5) is 4.45. The summed E-state index contributed by atoms with van der Waals surface area (Å²) in [7, 11) is 3.81. The monoisotopic (exact) mass is 377 g/mol. The minimum atomic E-state index is 0.653. The molecular formula is C18H27N5O2S. The standard InChI is InChI=1S/C18H27N5O2S/c1-20(9-6-12-24-2)15-22-18(26)23(16-7-4-3-5-8-16)17(19-22)21-10-13-25-14-11-21/h3-5,7-8H,6,9-15H2,1-2H3. The first kappa shape index (κ1) is 19.0. The van der Waals surface area contributed by atoms with Crippen LogP contribution in [-0.4, -0.2) is 72.9 Å². The highest BCUT2D eigenvalue weighted by Gasteiger charge is 2.21. The largest absolute Gasteiger partial charge is 0.385 e. The summed E-state index contributed by atoms with van der Waals surface area (Å²) in [6, 6.07) is 10.2. The highest BCUT2D eigenvalue weighted by Crippen LogP contribution is 2.21. The predicted octanol–water partition coefficient (Wildman–Crippen LogP) is 2.17. The number of para-hydroxylation sites is 1. The Kier molecular flexibility index (Phi) is 6.79. The van der Waals surface area contributed by atoms with Crippen LogP contribution in [0.25, 0.3) is 5.69 Å². The van der Waals surface area contributed by atoms with Crippen molar-refractivity contribution in [2.45, 2.75) is 13.1 Å². The van der Waals surface area contributed by atoms with Crippen LogP contribution in [-0.2, 0) is 16.1 Å². The highest BCUT2D eigenvalue weighted by atomic mass is 32.1. The van der Waals surface area contributed by atoms with Gasteiger partial charge in [0, 0.05) is 33.4 Å². The number of hydrogen-bond acceptors (Lipinski definition) is 6. The summed E-state index contributed by atoms with van der Waals surface area (Å²) in [6.07, 6.45) is 0.982. The molecule has 1 saturated heterocycles. The Hall–Kier alpha value is -1.74. The van der Waals surface area contributed by atoms with E-state index < -0.39 is 0 Å². The second-order valence-corrected chi connectivity index (χ2v) is 6.79. The number of nitrogens with zero attached hydrogens (tertiary/aromatic N) is 5. The van der Waals surface area contributed by atoms with E-state index in [1.54, 1.807) is 7.11 Å². The van der Waals surface area contributed by atoms with Crippen molar-refractivity contribution in [2.75, 3.05) is 58.5 Å². The van der Waals surface area contributed by atoms with Crippen LogP contribution in [0.15, 0.2) is 30.3 Å². The highest BCUT2D eigenvalue weighted by molar-refractivity contribution is 7.71. The molecule has 0 saturated carbocycles. The fourth-order valence-corrected chi connectivity index (χ4v) is 3.32. The SMILES string of the molecule is COCCCN(C)Cn1nc(N2CCOCC2)n(-c2ccccc2)c1=S. The molecule has 0 radical (unpaired) electrons. The molecule has 2 aromatic rings. The molecule has 1 aliphatic rings. The van der Waals surface area contributed by atoms with Gasteiger partial charge in [-0.15, -0.1) is 5.10 Å². The average Bonchev–Trinajstić information content (AvgIpc) is 2.99. The van der Waals surface area contributed by atoms with Gasteiger partial charge in [0.2, 0.25) is 10.7 Å². The Labute approximate surface area is 159 Å². The number of hydrogen-bond donors (Lipinski definition) is 0. The molecule has 142 valence electrons. The van der Waals surface area contributed by atoms with Crippen molar-refractivity contribution in [3.8, 4) is 5.69 Å². The van der Waals surface area contributed by atoms with E-state index in [4.69, 9.17) is 26.8 Å². The molecule has 0 aliphatic carbocycles. The third-order valence-electron chi connectivity index (χ3n) is 4.39. The van der Waals surface area contributed by atoms with Gasteiger partial charge in [0.15, 0.2) is 0 Å². The first-order valence-electron chi connectivity index (χ1n) is 8.96. The fourth-order valence-electron chi connectivity index (χ4n) is 3.04. The van der Waals surface area contributed by atoms with Crippen LogP contribution in [0.1, 0.15) is 6.42 Å². The molecule has 1 fully saturated rings. The lowest BCUT2D eigenvalue weighted by atomic mass is 10.3. The van der Waals surface area contributed by atoms with Gasteiger partial charge >= 0.3 is 0 Å². The molecule has 1 aromatic carbocycles. The second-order valence-electron chi connectivity index (χ2n) is 6.42. The molecule has 1 aromatic heterocycles. The van der Waals surface area contributed by atoms with Gasteiger partial charge in [-0.25, -0.2) is 4.68 Å². The van der Waals surface area contributed by atoms with E-state index in [1.807, 2.05) is 22.9 Å². The maximum Gasteiger partial charge on any atom is 0.230 e. The zero-order valence-corrected chi connectivity index (χ0v) is 16.3. The molecule has 0 spiro atoms. The zero-order valence-electron chi connectivity index (χ0n) is 15.5. The number of ether oxygens (including phenoxy) is 2. The van der Waals surface area contributed by atoms with Crippen molar-refractivity contribution >= 4 is 18.2 Å². The summed E-state index contributed by atoms with van der Waals surface area (Å²) in [5.41, 5.74) is 1.03. The molecule has 3 rings (SSSR count). The molecule has 0 bridgehead atoms. The van der Waals surface area contributed by atoms with Crippen molar-refractivity contribution in [3.63, 3.8) is 0 Å². The number of morpholine rings is 1. The van der Waals surface area contributed by atoms with Crippen LogP contribution in [0.3, 0.4) is 0 Å². The molecule has 26 heavy (non-hydrogen) atoms. The number of aromatic nitrogens is 3. The van der Waals surface area contributed by atoms with E-state index in [-0.39, 0.29) is 0 Å². The number of benzene rings is 1. The molecule has 2 heterocycles. The van der Waals surface area contributed by atoms with Gasteiger partial charge in [0.25, 0.3) is 0 Å². The molecular weight excluding hydrogens is 350 g/mol. The average molecular weight is 378 g/mol. The van der Waals surface area contributed by atoms with Crippen LogP contribution in [0.5, 0.6) is 0 Å². The maximum absolute atomic E-state index is 5.77. The third-order valence-corrected chi connectivity index (χ3v) is 4.79. The third kappa shape index (κ3) is 4.50. The molecule has 0 unspecified atom stereocenters. The molecule has 0 amide bonds. The summed E-state index contributed by atoms with van der Waals surface area (Å²) >= 11 is 5.77. The fraction of sp³-hybridized carbons (Fsp3) is 0.556. The Bertz CT molecular complexity index is 740. The lowest BCUT2D eigenvalue weighted by Crippen LogP contribution is -2.38. The van der Waals surface area contributed by atoms with Crippen LogP contribution in [0.2, 0.25) is 0 Å². The van der Waals surface area contributed by atoms with Crippen LogP contribution < -0.4 is 4.90 Å². The van der Waals surface area contributed by atoms with E-state index in [1.165, 1.54) is 0 Å². The molecule has 0 N–H and O–H groups in total. The first-order chi connectivity index (χ1) is 12.7. The second kappa shape index (κ2) is 9.27. The summed E-state index contributed by atoms with van der Waals surface area (Å²) in [5.74, 6) is 0.884. The van der Waals surface area contributed by atoms with E-state index in [2.05, 4.69) is 33.5 Å². The van der Waals surface area contributed by atoms with Gasteiger partial charge < -0.3 is 14.4 Å². The van der Waals surface area contributed by atoms with Crippen molar-refractivity contribution in [1.29, 1.82) is 0 Å². The zero-order chi connectivity index (χ0) is 18.4. The van der Waals surface area contributed by atoms with Crippen LogP contribution in [0, 0.1) is 4.77 Å². The summed E-state index contributed by atoms with van der Waals surface area (Å²) in [6.45, 7) is 5.41. The lowest BCUT2D eigenvalue weighted by molar-refractivity contribution is 0.121. The van der Waals surface area contributed by atoms with Crippen LogP contribution in [0.4, 0.5) is 5.95 Å². The summed E-state index contributed by atoms with van der Waals surface area (Å²) in [5, 5.41) is 4.85. The molecule has 0 atom stereocenters. The quantitative estimate of drug-likeness (QED) is 0.519. The molecule has 8 heteroatoms. The topological polar surface area (TPSA) is 47.7 Å². The van der Waals surface area contributed by atoms with E-state index in [0.717, 1.165) is 44.3 Å². The van der Waals surface area contributed by atoms with Crippen molar-refractivity contribution < 1.29 is 9.47 Å². The van der Waals surface area contributed by atoms with Crippen LogP contribution >= 0.6 is 12.2 Å². The van der Waals surface area contributed by atoms with Gasteiger partial charge in [-0.1, -0.05) is 18.2 Å². The molecule has 1 aliphatic heterocycles. The number of methoxy groups -OCH3 is 1. The maximum atomic E-state index is 5.77. The predicted molar refractivity (Wildman–Crippen MR) is 105 cm³/mol. The number of rotatable bonds is 8. The Balaban J connectivity index is 1.89. The smallest absolute Gasteiger partial charge is 0.230 e. The number of anilines is 1. The Morgan fingerprint density at radius 1 is 1.23 bits per heavy atom. The van der Waals surface area contributed by atoms with Gasteiger partial charge in [-0.3, -0.25) is 9.47 Å². The van der Waals surface area contributed by atoms with Gasteiger partial charge in [-0.05, 0) is 37.8 Å². The minimum absolute atomic E-state index is 0.653. The van der Waals surface area contributed by atoms with E-state index in [0.29, 0.717) is 24.7 Å². The van der Waals surface area contributed by atoms with E-state index in [9.17, 15) is 0 Å². The normalized spacial score (nSPS) is 15.0. The lowest BCUT2D eigenvalue weighted by Gasteiger charge is -2.27. The molecule has 7 nitrogen and oxygen atoms in total. The van der Waals surface area contributed by atoms with Crippen molar-refractivity contribution in [3.05, 3.63) is 35.1 Å². The van der Waals surface area contributed by atoms with E-state index >= 15 is 0 Å². The van der Waals surface area contributed by atoms with Crippen molar-refractivity contribution in [1.82, 2.24) is 19.2 Å². The summed E-state index contributed by atoms with van der Waals surface area (Å²) < 4.78 is 15.3. The minimum Gasteiger partial charge on any atom is -0.385 e.